The fraction of sp³-hybridized carbons (Fsp3) is 0.643. The first-order chi connectivity index (χ1) is 16.2. The Labute approximate surface area is 200 Å². The van der Waals surface area contributed by atoms with Crippen LogP contribution < -0.4 is 9.47 Å². The van der Waals surface area contributed by atoms with Gasteiger partial charge in [0.2, 0.25) is 0 Å². The topological polar surface area (TPSA) is 44.2 Å². The Morgan fingerprint density at radius 2 is 1.27 bits per heavy atom. The molecule has 2 aromatic rings. The summed E-state index contributed by atoms with van der Waals surface area (Å²) in [6, 6.07) is 7.50. The van der Waals surface area contributed by atoms with Crippen LogP contribution in [-0.4, -0.2) is 29.4 Å². The van der Waals surface area contributed by atoms with E-state index in [0.29, 0.717) is 30.4 Å². The van der Waals surface area contributed by atoms with Crippen LogP contribution >= 0.6 is 0 Å². The molecule has 1 aromatic heterocycles. The van der Waals surface area contributed by atoms with E-state index >= 15 is 0 Å². The molecular formula is C28H43FN2O2. The Morgan fingerprint density at radius 1 is 0.697 bits per heavy atom. The van der Waals surface area contributed by atoms with Crippen molar-refractivity contribution in [2.24, 2.45) is 0 Å². The molecule has 0 N–H and O–H groups in total. The number of alkyl halides is 1. The molecule has 184 valence electrons. The van der Waals surface area contributed by atoms with Crippen LogP contribution in [-0.2, 0) is 0 Å². The van der Waals surface area contributed by atoms with Gasteiger partial charge in [0.1, 0.15) is 18.5 Å². The Kier molecular flexibility index (Phi) is 14.2. The van der Waals surface area contributed by atoms with Gasteiger partial charge in [-0.15, -0.1) is 0 Å². The maximum absolute atomic E-state index is 14.1. The highest BCUT2D eigenvalue weighted by molar-refractivity contribution is 5.56. The first kappa shape index (κ1) is 27.1. The quantitative estimate of drug-likeness (QED) is 0.198. The van der Waals surface area contributed by atoms with Crippen LogP contribution in [0.4, 0.5) is 4.39 Å². The minimum Gasteiger partial charge on any atom is -0.491 e. The van der Waals surface area contributed by atoms with Crippen molar-refractivity contribution in [1.82, 2.24) is 9.97 Å². The summed E-state index contributed by atoms with van der Waals surface area (Å²) < 4.78 is 25.4. The summed E-state index contributed by atoms with van der Waals surface area (Å²) in [5, 5.41) is 0. The average molecular weight is 459 g/mol. The number of halogens is 1. The Bertz CT molecular complexity index is 722. The number of nitrogens with zero attached hydrogens (tertiary/aromatic N) is 2. The van der Waals surface area contributed by atoms with Crippen molar-refractivity contribution in [3.63, 3.8) is 0 Å². The highest BCUT2D eigenvalue weighted by Crippen LogP contribution is 2.21. The molecule has 0 aliphatic heterocycles. The molecule has 4 nitrogen and oxygen atoms in total. The van der Waals surface area contributed by atoms with Crippen LogP contribution in [0.25, 0.3) is 11.4 Å². The van der Waals surface area contributed by atoms with Gasteiger partial charge in [0.15, 0.2) is 11.6 Å². The molecule has 0 radical (unpaired) electrons. The van der Waals surface area contributed by atoms with Gasteiger partial charge in [-0.25, -0.2) is 14.4 Å². The third kappa shape index (κ3) is 12.0. The first-order valence-corrected chi connectivity index (χ1v) is 13.0. The molecule has 0 bridgehead atoms. The Balaban J connectivity index is 1.65. The monoisotopic (exact) mass is 458 g/mol. The summed E-state index contributed by atoms with van der Waals surface area (Å²) in [7, 11) is 0. The van der Waals surface area contributed by atoms with Gasteiger partial charge in [0, 0.05) is 5.56 Å². The summed E-state index contributed by atoms with van der Waals surface area (Å²) in [5.74, 6) is 2.01. The maximum Gasteiger partial charge on any atom is 0.159 e. The van der Waals surface area contributed by atoms with E-state index in [1.165, 1.54) is 57.8 Å². The van der Waals surface area contributed by atoms with Gasteiger partial charge in [-0.3, -0.25) is 0 Å². The average Bonchev–Trinajstić information content (AvgIpc) is 2.85. The molecule has 1 heterocycles. The van der Waals surface area contributed by atoms with E-state index in [-0.39, 0.29) is 6.61 Å². The normalized spacial score (nSPS) is 12.0. The van der Waals surface area contributed by atoms with E-state index in [9.17, 15) is 4.39 Å². The van der Waals surface area contributed by atoms with Gasteiger partial charge in [-0.05, 0) is 37.1 Å². The SMILES string of the molecule is CCCCCCCCOc1cnc(-c2ccc(OC[C@@H](F)CCCCCCCC)cc2)nc1. The molecule has 5 heteroatoms. The van der Waals surface area contributed by atoms with Crippen LogP contribution in [0.1, 0.15) is 97.3 Å². The molecule has 0 unspecified atom stereocenters. The van der Waals surface area contributed by atoms with E-state index < -0.39 is 6.17 Å². The second-order valence-electron chi connectivity index (χ2n) is 8.85. The van der Waals surface area contributed by atoms with Crippen LogP contribution in [0.15, 0.2) is 36.7 Å². The highest BCUT2D eigenvalue weighted by Gasteiger charge is 2.08. The number of aromatic nitrogens is 2. The van der Waals surface area contributed by atoms with Crippen molar-refractivity contribution in [3.8, 4) is 22.9 Å². The smallest absolute Gasteiger partial charge is 0.159 e. The molecule has 0 aliphatic rings. The van der Waals surface area contributed by atoms with Gasteiger partial charge in [0.05, 0.1) is 19.0 Å². The summed E-state index contributed by atoms with van der Waals surface area (Å²) in [6.45, 7) is 5.25. The highest BCUT2D eigenvalue weighted by atomic mass is 19.1. The van der Waals surface area contributed by atoms with E-state index in [1.807, 2.05) is 24.3 Å². The van der Waals surface area contributed by atoms with Crippen LogP contribution in [0.2, 0.25) is 0 Å². The zero-order chi connectivity index (χ0) is 23.6. The Morgan fingerprint density at radius 3 is 1.91 bits per heavy atom. The number of benzene rings is 1. The van der Waals surface area contributed by atoms with Crippen molar-refractivity contribution in [2.45, 2.75) is 103 Å². The molecule has 0 saturated heterocycles. The summed E-state index contributed by atoms with van der Waals surface area (Å²) in [4.78, 5) is 8.83. The molecule has 0 aliphatic carbocycles. The second kappa shape index (κ2) is 17.3. The predicted octanol–water partition coefficient (Wildman–Crippen LogP) is 8.35. The van der Waals surface area contributed by atoms with Crippen LogP contribution in [0.3, 0.4) is 0 Å². The fourth-order valence-corrected chi connectivity index (χ4v) is 3.73. The minimum atomic E-state index is -0.914. The Hall–Kier alpha value is -2.17. The van der Waals surface area contributed by atoms with Gasteiger partial charge in [-0.2, -0.15) is 0 Å². The number of rotatable bonds is 19. The summed E-state index contributed by atoms with van der Waals surface area (Å²) >= 11 is 0. The molecule has 2 rings (SSSR count). The van der Waals surface area contributed by atoms with Crippen LogP contribution in [0.5, 0.6) is 11.5 Å². The lowest BCUT2D eigenvalue weighted by Gasteiger charge is -2.11. The lowest BCUT2D eigenvalue weighted by molar-refractivity contribution is 0.184. The number of hydrogen-bond donors (Lipinski definition) is 0. The van der Waals surface area contributed by atoms with E-state index in [1.54, 1.807) is 12.4 Å². The second-order valence-corrected chi connectivity index (χ2v) is 8.85. The lowest BCUT2D eigenvalue weighted by atomic mass is 10.1. The van der Waals surface area contributed by atoms with Gasteiger partial charge >= 0.3 is 0 Å². The largest absolute Gasteiger partial charge is 0.491 e. The molecule has 1 aromatic carbocycles. The third-order valence-corrected chi connectivity index (χ3v) is 5.81. The zero-order valence-electron chi connectivity index (χ0n) is 20.7. The lowest BCUT2D eigenvalue weighted by Crippen LogP contribution is -2.12. The zero-order valence-corrected chi connectivity index (χ0v) is 20.7. The molecular weight excluding hydrogens is 415 g/mol. The van der Waals surface area contributed by atoms with E-state index in [2.05, 4.69) is 23.8 Å². The van der Waals surface area contributed by atoms with Crippen molar-refractivity contribution in [3.05, 3.63) is 36.7 Å². The van der Waals surface area contributed by atoms with Crippen LogP contribution in [0, 0.1) is 0 Å². The molecule has 33 heavy (non-hydrogen) atoms. The maximum atomic E-state index is 14.1. The molecule has 1 atom stereocenters. The first-order valence-electron chi connectivity index (χ1n) is 13.0. The molecule has 0 spiro atoms. The van der Waals surface area contributed by atoms with E-state index in [4.69, 9.17) is 9.47 Å². The summed E-state index contributed by atoms with van der Waals surface area (Å²) in [5.41, 5.74) is 0.897. The fourth-order valence-electron chi connectivity index (χ4n) is 3.73. The number of ether oxygens (including phenoxy) is 2. The van der Waals surface area contributed by atoms with Crippen molar-refractivity contribution < 1.29 is 13.9 Å². The predicted molar refractivity (Wildman–Crippen MR) is 135 cm³/mol. The van der Waals surface area contributed by atoms with Crippen molar-refractivity contribution in [1.29, 1.82) is 0 Å². The van der Waals surface area contributed by atoms with Gasteiger partial charge in [0.25, 0.3) is 0 Å². The van der Waals surface area contributed by atoms with Crippen molar-refractivity contribution >= 4 is 0 Å². The standard InChI is InChI=1S/C28H43FN2O2/c1-3-5-7-9-11-13-15-25(29)23-33-26-18-16-24(17-19-26)28-30-21-27(22-31-28)32-20-14-12-10-8-6-4-2/h16-19,21-22,25H,3-15,20,23H2,1-2H3/t25-/m0/s1. The van der Waals surface area contributed by atoms with Gasteiger partial charge < -0.3 is 9.47 Å². The number of unbranched alkanes of at least 4 members (excludes halogenated alkanes) is 10. The minimum absolute atomic E-state index is 0.107. The number of hydrogen-bond acceptors (Lipinski definition) is 4. The van der Waals surface area contributed by atoms with Gasteiger partial charge in [-0.1, -0.05) is 84.5 Å². The molecule has 0 saturated carbocycles. The third-order valence-electron chi connectivity index (χ3n) is 5.81. The molecule has 0 fully saturated rings. The molecule has 0 amide bonds. The summed E-state index contributed by atoms with van der Waals surface area (Å²) in [6.07, 6.45) is 17.6. The van der Waals surface area contributed by atoms with E-state index in [0.717, 1.165) is 24.8 Å². The van der Waals surface area contributed by atoms with Crippen molar-refractivity contribution in [2.75, 3.05) is 13.2 Å².